The van der Waals surface area contributed by atoms with Crippen molar-refractivity contribution in [2.45, 2.75) is 6.92 Å². The van der Waals surface area contributed by atoms with Gasteiger partial charge in [-0.25, -0.2) is 4.98 Å². The van der Waals surface area contributed by atoms with E-state index in [1.807, 2.05) is 6.92 Å². The number of aromatic nitrogens is 1. The number of carbonyl (C=O) groups is 1. The van der Waals surface area contributed by atoms with Gasteiger partial charge in [0.1, 0.15) is 5.69 Å². The molecule has 0 radical (unpaired) electrons. The van der Waals surface area contributed by atoms with Crippen molar-refractivity contribution in [2.75, 3.05) is 11.9 Å². The molecular formula is C10H12BrClN2O. The summed E-state index contributed by atoms with van der Waals surface area (Å²) in [4.78, 5) is 15.5. The van der Waals surface area contributed by atoms with Gasteiger partial charge >= 0.3 is 0 Å². The molecule has 0 aliphatic rings. The lowest BCUT2D eigenvalue weighted by atomic mass is 10.2. The number of nitrogens with zero attached hydrogens (tertiary/aromatic N) is 1. The molecule has 0 spiro atoms. The molecule has 0 bridgehead atoms. The number of rotatable bonds is 4. The first kappa shape index (κ1) is 12.5. The molecule has 0 fully saturated rings. The molecule has 1 unspecified atom stereocenters. The highest BCUT2D eigenvalue weighted by Gasteiger charge is 2.07. The molecule has 0 aromatic carbocycles. The Kier molecular flexibility index (Phi) is 5.05. The SMILES string of the molecule is CC(CBr)CNC(=O)c1ccc(Cl)cn1. The van der Waals surface area contributed by atoms with E-state index in [2.05, 4.69) is 26.2 Å². The van der Waals surface area contributed by atoms with E-state index in [-0.39, 0.29) is 5.91 Å². The molecular weight excluding hydrogens is 279 g/mol. The second-order valence-electron chi connectivity index (χ2n) is 3.33. The van der Waals surface area contributed by atoms with Crippen LogP contribution in [-0.2, 0) is 0 Å². The molecule has 0 aliphatic carbocycles. The first-order valence-corrected chi connectivity index (χ1v) is 6.09. The van der Waals surface area contributed by atoms with Crippen molar-refractivity contribution < 1.29 is 4.79 Å². The smallest absolute Gasteiger partial charge is 0.269 e. The summed E-state index contributed by atoms with van der Waals surface area (Å²) in [5.41, 5.74) is 0.390. The van der Waals surface area contributed by atoms with Crippen LogP contribution in [0.5, 0.6) is 0 Å². The van der Waals surface area contributed by atoms with Crippen molar-refractivity contribution in [1.29, 1.82) is 0 Å². The molecule has 1 aromatic rings. The number of hydrogen-bond acceptors (Lipinski definition) is 2. The first-order chi connectivity index (χ1) is 7.13. The summed E-state index contributed by atoms with van der Waals surface area (Å²) in [6, 6.07) is 3.26. The van der Waals surface area contributed by atoms with Crippen molar-refractivity contribution in [3.8, 4) is 0 Å². The Hall–Kier alpha value is -0.610. The van der Waals surface area contributed by atoms with Gasteiger partial charge in [0, 0.05) is 18.1 Å². The first-order valence-electron chi connectivity index (χ1n) is 4.59. The summed E-state index contributed by atoms with van der Waals surface area (Å²) < 4.78 is 0. The topological polar surface area (TPSA) is 42.0 Å². The van der Waals surface area contributed by atoms with Crippen LogP contribution in [-0.4, -0.2) is 22.8 Å². The van der Waals surface area contributed by atoms with Crippen molar-refractivity contribution in [3.63, 3.8) is 0 Å². The van der Waals surface area contributed by atoms with Crippen LogP contribution in [0.15, 0.2) is 18.3 Å². The van der Waals surface area contributed by atoms with E-state index >= 15 is 0 Å². The molecule has 15 heavy (non-hydrogen) atoms. The third-order valence-electron chi connectivity index (χ3n) is 1.83. The Labute approximate surface area is 102 Å². The molecule has 1 aromatic heterocycles. The highest BCUT2D eigenvalue weighted by molar-refractivity contribution is 9.09. The van der Waals surface area contributed by atoms with Gasteiger partial charge in [0.25, 0.3) is 5.91 Å². The largest absolute Gasteiger partial charge is 0.350 e. The van der Waals surface area contributed by atoms with E-state index in [1.54, 1.807) is 12.1 Å². The molecule has 82 valence electrons. The summed E-state index contributed by atoms with van der Waals surface area (Å²) in [5, 5.41) is 4.19. The lowest BCUT2D eigenvalue weighted by Crippen LogP contribution is -2.29. The molecule has 1 N–H and O–H groups in total. The molecule has 5 heteroatoms. The summed E-state index contributed by atoms with van der Waals surface area (Å²) >= 11 is 9.01. The zero-order valence-electron chi connectivity index (χ0n) is 8.34. The quantitative estimate of drug-likeness (QED) is 0.866. The number of halogens is 2. The lowest BCUT2D eigenvalue weighted by molar-refractivity contribution is 0.0944. The standard InChI is InChI=1S/C10H12BrClN2O/c1-7(4-11)5-14-10(15)9-3-2-8(12)6-13-9/h2-3,6-7H,4-5H2,1H3,(H,14,15). The number of amides is 1. The average Bonchev–Trinajstić information content (AvgIpc) is 2.26. The van der Waals surface area contributed by atoms with Gasteiger partial charge in [0.15, 0.2) is 0 Å². The van der Waals surface area contributed by atoms with Crippen LogP contribution in [0, 0.1) is 5.92 Å². The Bertz CT molecular complexity index is 329. The number of alkyl halides is 1. The van der Waals surface area contributed by atoms with Crippen molar-refractivity contribution in [1.82, 2.24) is 10.3 Å². The second-order valence-corrected chi connectivity index (χ2v) is 4.42. The predicted molar refractivity (Wildman–Crippen MR) is 64.5 cm³/mol. The van der Waals surface area contributed by atoms with Gasteiger partial charge in [-0.1, -0.05) is 34.5 Å². The second kappa shape index (κ2) is 6.08. The van der Waals surface area contributed by atoms with E-state index in [1.165, 1.54) is 6.20 Å². The molecule has 0 aliphatic heterocycles. The van der Waals surface area contributed by atoms with E-state index in [0.29, 0.717) is 23.2 Å². The van der Waals surface area contributed by atoms with Crippen molar-refractivity contribution in [3.05, 3.63) is 29.0 Å². The fraction of sp³-hybridized carbons (Fsp3) is 0.400. The molecule has 1 amide bonds. The monoisotopic (exact) mass is 290 g/mol. The number of carbonyl (C=O) groups excluding carboxylic acids is 1. The number of pyridine rings is 1. The summed E-state index contributed by atoms with van der Waals surface area (Å²) in [6.45, 7) is 2.68. The van der Waals surface area contributed by atoms with E-state index < -0.39 is 0 Å². The van der Waals surface area contributed by atoms with Crippen LogP contribution in [0.2, 0.25) is 5.02 Å². The zero-order chi connectivity index (χ0) is 11.3. The molecule has 0 saturated carbocycles. The zero-order valence-corrected chi connectivity index (χ0v) is 10.7. The Morgan fingerprint density at radius 1 is 1.67 bits per heavy atom. The maximum absolute atomic E-state index is 11.5. The van der Waals surface area contributed by atoms with Crippen LogP contribution >= 0.6 is 27.5 Å². The van der Waals surface area contributed by atoms with Crippen LogP contribution < -0.4 is 5.32 Å². The normalized spacial score (nSPS) is 12.2. The fourth-order valence-corrected chi connectivity index (χ4v) is 1.26. The van der Waals surface area contributed by atoms with Crippen molar-refractivity contribution >= 4 is 33.4 Å². The highest BCUT2D eigenvalue weighted by Crippen LogP contribution is 2.06. The lowest BCUT2D eigenvalue weighted by Gasteiger charge is -2.08. The highest BCUT2D eigenvalue weighted by atomic mass is 79.9. The third kappa shape index (κ3) is 4.18. The summed E-state index contributed by atoms with van der Waals surface area (Å²) in [6.07, 6.45) is 1.46. The molecule has 1 heterocycles. The third-order valence-corrected chi connectivity index (χ3v) is 3.16. The van der Waals surface area contributed by atoms with Crippen LogP contribution in [0.4, 0.5) is 0 Å². The minimum atomic E-state index is -0.167. The molecule has 1 atom stereocenters. The van der Waals surface area contributed by atoms with Crippen LogP contribution in [0.3, 0.4) is 0 Å². The minimum Gasteiger partial charge on any atom is -0.350 e. The summed E-state index contributed by atoms with van der Waals surface area (Å²) in [7, 11) is 0. The number of nitrogens with one attached hydrogen (secondary N) is 1. The van der Waals surface area contributed by atoms with Gasteiger partial charge in [-0.05, 0) is 18.1 Å². The van der Waals surface area contributed by atoms with Gasteiger partial charge in [-0.2, -0.15) is 0 Å². The minimum absolute atomic E-state index is 0.167. The maximum Gasteiger partial charge on any atom is 0.269 e. The van der Waals surface area contributed by atoms with Gasteiger partial charge in [0.2, 0.25) is 0 Å². The van der Waals surface area contributed by atoms with E-state index in [9.17, 15) is 4.79 Å². The number of hydrogen-bond donors (Lipinski definition) is 1. The average molecular weight is 292 g/mol. The van der Waals surface area contributed by atoms with Crippen molar-refractivity contribution in [2.24, 2.45) is 5.92 Å². The Morgan fingerprint density at radius 2 is 2.40 bits per heavy atom. The summed E-state index contributed by atoms with van der Waals surface area (Å²) in [5.74, 6) is 0.237. The maximum atomic E-state index is 11.5. The molecule has 0 saturated heterocycles. The van der Waals surface area contributed by atoms with Crippen LogP contribution in [0.25, 0.3) is 0 Å². The Morgan fingerprint density at radius 3 is 2.93 bits per heavy atom. The van der Waals surface area contributed by atoms with Gasteiger partial charge in [-0.15, -0.1) is 0 Å². The van der Waals surface area contributed by atoms with Gasteiger partial charge in [-0.3, -0.25) is 4.79 Å². The predicted octanol–water partition coefficient (Wildman–Crippen LogP) is 2.50. The Balaban J connectivity index is 2.50. The molecule has 3 nitrogen and oxygen atoms in total. The van der Waals surface area contributed by atoms with Crippen LogP contribution in [0.1, 0.15) is 17.4 Å². The fourth-order valence-electron chi connectivity index (χ4n) is 0.922. The van der Waals surface area contributed by atoms with Gasteiger partial charge < -0.3 is 5.32 Å². The van der Waals surface area contributed by atoms with Gasteiger partial charge in [0.05, 0.1) is 5.02 Å². The van der Waals surface area contributed by atoms with E-state index in [0.717, 1.165) is 5.33 Å². The molecule has 1 rings (SSSR count). The van der Waals surface area contributed by atoms with E-state index in [4.69, 9.17) is 11.6 Å².